The molecule has 110 valence electrons. The maximum Gasteiger partial charge on any atom is 0.321 e. The Morgan fingerprint density at radius 3 is 2.47 bits per heavy atom. The predicted octanol–water partition coefficient (Wildman–Crippen LogP) is 0.168. The summed E-state index contributed by atoms with van der Waals surface area (Å²) in [5.41, 5.74) is 5.38. The Bertz CT molecular complexity index is 336. The molecule has 0 aliphatic carbocycles. The van der Waals surface area contributed by atoms with Gasteiger partial charge in [-0.15, -0.1) is 11.8 Å². The van der Waals surface area contributed by atoms with Crippen molar-refractivity contribution in [2.45, 2.75) is 31.9 Å². The van der Waals surface area contributed by atoms with Crippen molar-refractivity contribution in [1.29, 1.82) is 0 Å². The molecule has 0 heterocycles. The van der Waals surface area contributed by atoms with Crippen LogP contribution in [0.2, 0.25) is 0 Å². The summed E-state index contributed by atoms with van der Waals surface area (Å²) in [6.07, 6.45) is -0.190. The Labute approximate surface area is 117 Å². The van der Waals surface area contributed by atoms with Crippen LogP contribution < -0.4 is 11.1 Å². The van der Waals surface area contributed by atoms with Crippen LogP contribution in [-0.4, -0.2) is 47.0 Å². The van der Waals surface area contributed by atoms with Gasteiger partial charge in [0, 0.05) is 12.8 Å². The molecule has 6 nitrogen and oxygen atoms in total. The maximum atomic E-state index is 11.1. The number of aliphatic hydroxyl groups is 1. The molecular formula is C12H22N2O4S. The van der Waals surface area contributed by atoms with Gasteiger partial charge in [-0.3, -0.25) is 9.59 Å². The molecule has 0 fully saturated rings. The third kappa shape index (κ3) is 7.86. The molecule has 3 atom stereocenters. The summed E-state index contributed by atoms with van der Waals surface area (Å²) in [7, 11) is 1.52. The zero-order valence-electron chi connectivity index (χ0n) is 11.3. The molecular weight excluding hydrogens is 268 g/mol. The second-order valence-electron chi connectivity index (χ2n) is 4.42. The molecule has 0 radical (unpaired) electrons. The quantitative estimate of drug-likeness (QED) is 0.481. The van der Waals surface area contributed by atoms with Crippen molar-refractivity contribution in [3.63, 3.8) is 0 Å². The largest absolute Gasteiger partial charge is 0.480 e. The van der Waals surface area contributed by atoms with E-state index < -0.39 is 18.1 Å². The van der Waals surface area contributed by atoms with Crippen molar-refractivity contribution >= 4 is 23.6 Å². The van der Waals surface area contributed by atoms with Crippen LogP contribution in [-0.2, 0) is 9.59 Å². The molecule has 0 aromatic carbocycles. The van der Waals surface area contributed by atoms with Gasteiger partial charge >= 0.3 is 5.97 Å². The van der Waals surface area contributed by atoms with Crippen molar-refractivity contribution in [1.82, 2.24) is 5.32 Å². The van der Waals surface area contributed by atoms with Crippen molar-refractivity contribution in [3.05, 3.63) is 11.5 Å². The number of hydrogen-bond acceptors (Lipinski definition) is 5. The Hall–Kier alpha value is -1.05. The van der Waals surface area contributed by atoms with E-state index in [1.54, 1.807) is 0 Å². The predicted molar refractivity (Wildman–Crippen MR) is 75.7 cm³/mol. The maximum absolute atomic E-state index is 11.1. The summed E-state index contributed by atoms with van der Waals surface area (Å²) < 4.78 is 0. The Kier molecular flexibility index (Phi) is 8.46. The number of amides is 1. The molecule has 19 heavy (non-hydrogen) atoms. The molecule has 0 saturated heterocycles. The van der Waals surface area contributed by atoms with E-state index in [4.69, 9.17) is 10.8 Å². The van der Waals surface area contributed by atoms with Gasteiger partial charge in [0.15, 0.2) is 0 Å². The van der Waals surface area contributed by atoms with Crippen LogP contribution in [0.3, 0.4) is 0 Å². The van der Waals surface area contributed by atoms with Crippen LogP contribution in [0.1, 0.15) is 19.8 Å². The molecule has 0 aromatic heterocycles. The highest BCUT2D eigenvalue weighted by Gasteiger charge is 2.19. The number of hydrogen-bond donors (Lipinski definition) is 4. The van der Waals surface area contributed by atoms with E-state index >= 15 is 0 Å². The Morgan fingerprint density at radius 1 is 1.42 bits per heavy atom. The number of nitrogens with two attached hydrogens (primary N) is 1. The number of carboxylic acids is 1. The first-order chi connectivity index (χ1) is 8.77. The van der Waals surface area contributed by atoms with Gasteiger partial charge in [-0.05, 0) is 17.2 Å². The molecule has 0 saturated carbocycles. The van der Waals surface area contributed by atoms with Crippen molar-refractivity contribution in [2.75, 3.05) is 12.8 Å². The fourth-order valence-electron chi connectivity index (χ4n) is 1.33. The summed E-state index contributed by atoms with van der Waals surface area (Å²) in [6, 6.07) is -0.923. The highest BCUT2D eigenvalue weighted by atomic mass is 32.2. The van der Waals surface area contributed by atoms with E-state index in [1.165, 1.54) is 18.8 Å². The number of thioether (sulfide) groups is 1. The topological polar surface area (TPSA) is 113 Å². The van der Waals surface area contributed by atoms with E-state index in [0.29, 0.717) is 6.42 Å². The van der Waals surface area contributed by atoms with Gasteiger partial charge in [-0.25, -0.2) is 0 Å². The van der Waals surface area contributed by atoms with E-state index in [2.05, 4.69) is 11.9 Å². The minimum atomic E-state index is -1.05. The fraction of sp³-hybridized carbons (Fsp3) is 0.667. The number of rotatable bonds is 9. The van der Waals surface area contributed by atoms with Crippen LogP contribution in [0, 0.1) is 5.92 Å². The summed E-state index contributed by atoms with van der Waals surface area (Å²) in [6.45, 7) is 5.63. The van der Waals surface area contributed by atoms with E-state index in [9.17, 15) is 14.7 Å². The molecule has 7 heteroatoms. The van der Waals surface area contributed by atoms with Gasteiger partial charge in [-0.2, -0.15) is 0 Å². The number of carbonyl (C=O) groups excluding carboxylic acids is 1. The standard InChI is InChI=1S/C12H22N2O4S/c1-7(10(15)5-11(16)14-3)4-8(2)19-6-9(13)12(17)18/h7,9-10,15H,2,4-6,13H2,1,3H3,(H,14,16)(H,17,18)/t7-,9?,10+/m1/s1. The summed E-state index contributed by atoms with van der Waals surface area (Å²) in [4.78, 5) is 22.4. The van der Waals surface area contributed by atoms with Crippen molar-refractivity contribution < 1.29 is 19.8 Å². The van der Waals surface area contributed by atoms with Gasteiger partial charge in [0.05, 0.1) is 12.5 Å². The number of allylic oxidation sites excluding steroid dienone is 1. The van der Waals surface area contributed by atoms with Crippen LogP contribution in [0.25, 0.3) is 0 Å². The number of nitrogens with one attached hydrogen (secondary N) is 1. The molecule has 0 aliphatic heterocycles. The van der Waals surface area contributed by atoms with E-state index in [1.807, 2.05) is 6.92 Å². The van der Waals surface area contributed by atoms with Crippen LogP contribution >= 0.6 is 11.8 Å². The number of aliphatic hydroxyl groups excluding tert-OH is 1. The summed E-state index contributed by atoms with van der Waals surface area (Å²) in [5, 5.41) is 20.9. The van der Waals surface area contributed by atoms with Gasteiger partial charge in [0.25, 0.3) is 0 Å². The average molecular weight is 290 g/mol. The molecule has 1 unspecified atom stereocenters. The zero-order valence-corrected chi connectivity index (χ0v) is 12.1. The van der Waals surface area contributed by atoms with Gasteiger partial charge < -0.3 is 21.3 Å². The average Bonchev–Trinajstić information content (AvgIpc) is 2.35. The molecule has 1 amide bonds. The first kappa shape index (κ1) is 17.9. The molecule has 5 N–H and O–H groups in total. The fourth-order valence-corrected chi connectivity index (χ4v) is 2.26. The lowest BCUT2D eigenvalue weighted by atomic mass is 9.98. The molecule has 0 aliphatic rings. The lowest BCUT2D eigenvalue weighted by Gasteiger charge is -2.19. The minimum absolute atomic E-state index is 0.0459. The minimum Gasteiger partial charge on any atom is -0.480 e. The second kappa shape index (κ2) is 8.95. The molecule has 0 bridgehead atoms. The van der Waals surface area contributed by atoms with Crippen molar-refractivity contribution in [2.24, 2.45) is 11.7 Å². The Balaban J connectivity index is 4.04. The summed E-state index contributed by atoms with van der Waals surface area (Å²) in [5.74, 6) is -1.15. The lowest BCUT2D eigenvalue weighted by Crippen LogP contribution is -2.32. The smallest absolute Gasteiger partial charge is 0.321 e. The van der Waals surface area contributed by atoms with Crippen LogP contribution in [0.5, 0.6) is 0 Å². The molecule has 0 aromatic rings. The number of carbonyl (C=O) groups is 2. The monoisotopic (exact) mass is 290 g/mol. The van der Waals surface area contributed by atoms with Gasteiger partial charge in [0.1, 0.15) is 6.04 Å². The number of aliphatic carboxylic acids is 1. The van der Waals surface area contributed by atoms with Crippen LogP contribution in [0.15, 0.2) is 11.5 Å². The second-order valence-corrected chi connectivity index (χ2v) is 5.62. The van der Waals surface area contributed by atoms with Crippen LogP contribution in [0.4, 0.5) is 0 Å². The highest BCUT2D eigenvalue weighted by Crippen LogP contribution is 2.24. The van der Waals surface area contributed by atoms with E-state index in [-0.39, 0.29) is 24.0 Å². The first-order valence-corrected chi connectivity index (χ1v) is 6.94. The SMILES string of the molecule is C=C(C[C@@H](C)[C@@H](O)CC(=O)NC)SCC(N)C(=O)O. The highest BCUT2D eigenvalue weighted by molar-refractivity contribution is 8.03. The van der Waals surface area contributed by atoms with Gasteiger partial charge in [0.2, 0.25) is 5.91 Å². The lowest BCUT2D eigenvalue weighted by molar-refractivity contribution is -0.137. The molecule has 0 rings (SSSR count). The first-order valence-electron chi connectivity index (χ1n) is 5.95. The molecule has 0 spiro atoms. The van der Waals surface area contributed by atoms with E-state index in [0.717, 1.165) is 4.91 Å². The normalized spacial score (nSPS) is 15.4. The third-order valence-corrected chi connectivity index (χ3v) is 3.76. The van der Waals surface area contributed by atoms with Crippen molar-refractivity contribution in [3.8, 4) is 0 Å². The Morgan fingerprint density at radius 2 is 2.00 bits per heavy atom. The summed E-state index contributed by atoms with van der Waals surface area (Å²) >= 11 is 1.27. The zero-order chi connectivity index (χ0) is 15.0. The third-order valence-electron chi connectivity index (χ3n) is 2.66. The number of carboxylic acid groups (broad SMARTS) is 1. The van der Waals surface area contributed by atoms with Gasteiger partial charge in [-0.1, -0.05) is 13.5 Å².